The molecule has 1 N–H and O–H groups in total. The summed E-state index contributed by atoms with van der Waals surface area (Å²) in [6.45, 7) is 22.2. The lowest BCUT2D eigenvalue weighted by atomic mass is 9.33. The normalized spacial score (nSPS) is 44.2. The maximum Gasteiger partial charge on any atom is 0.309 e. The van der Waals surface area contributed by atoms with E-state index in [2.05, 4.69) is 58.3 Å². The molecular formula is C48H72F2N2O6. The Morgan fingerprint density at radius 1 is 0.793 bits per heavy atom. The highest BCUT2D eigenvalue weighted by Crippen LogP contribution is 2.77. The molecule has 8 rings (SSSR count). The van der Waals surface area contributed by atoms with Crippen molar-refractivity contribution in [2.75, 3.05) is 26.2 Å². The lowest BCUT2D eigenvalue weighted by Gasteiger charge is -2.72. The van der Waals surface area contributed by atoms with Crippen LogP contribution in [-0.2, 0) is 23.9 Å². The van der Waals surface area contributed by atoms with Crippen LogP contribution in [0.25, 0.3) is 0 Å². The number of ketones is 1. The molecule has 2 heterocycles. The van der Waals surface area contributed by atoms with E-state index in [1.807, 2.05) is 13.8 Å². The number of hydrogen-bond donors (Lipinski definition) is 1. The van der Waals surface area contributed by atoms with Crippen LogP contribution in [0.15, 0.2) is 11.1 Å². The maximum absolute atomic E-state index is 15.3. The zero-order chi connectivity index (χ0) is 42.2. The van der Waals surface area contributed by atoms with Crippen molar-refractivity contribution in [1.82, 2.24) is 9.80 Å². The molecule has 11 atom stereocenters. The van der Waals surface area contributed by atoms with Gasteiger partial charge >= 0.3 is 11.9 Å². The first kappa shape index (κ1) is 42.3. The molecule has 324 valence electrons. The van der Waals surface area contributed by atoms with Crippen LogP contribution in [0.2, 0.25) is 0 Å². The van der Waals surface area contributed by atoms with E-state index in [0.29, 0.717) is 50.9 Å². The van der Waals surface area contributed by atoms with Gasteiger partial charge in [0.1, 0.15) is 6.10 Å². The number of fused-ring (bicyclic) bond motifs is 7. The Bertz CT molecular complexity index is 1760. The Morgan fingerprint density at radius 2 is 1.48 bits per heavy atom. The van der Waals surface area contributed by atoms with Gasteiger partial charge in [-0.15, -0.1) is 0 Å². The molecule has 2 aliphatic heterocycles. The third kappa shape index (κ3) is 5.98. The Kier molecular flexibility index (Phi) is 10.1. The van der Waals surface area contributed by atoms with Crippen molar-refractivity contribution in [3.8, 4) is 0 Å². The predicted octanol–water partition coefficient (Wildman–Crippen LogP) is 9.35. The molecule has 0 aromatic carbocycles. The fourth-order valence-electron chi connectivity index (χ4n) is 16.0. The first-order valence-electron chi connectivity index (χ1n) is 23.1. The summed E-state index contributed by atoms with van der Waals surface area (Å²) in [5.74, 6) is -3.37. The number of esters is 1. The van der Waals surface area contributed by atoms with Gasteiger partial charge in [-0.05, 0) is 127 Å². The molecule has 0 aromatic heterocycles. The van der Waals surface area contributed by atoms with Crippen molar-refractivity contribution >= 4 is 23.6 Å². The summed E-state index contributed by atoms with van der Waals surface area (Å²) in [5, 5.41) is 9.68. The third-order valence-corrected chi connectivity index (χ3v) is 19.6. The van der Waals surface area contributed by atoms with Crippen molar-refractivity contribution in [3.05, 3.63) is 11.1 Å². The van der Waals surface area contributed by atoms with E-state index in [1.165, 1.54) is 5.57 Å². The first-order chi connectivity index (χ1) is 26.9. The largest absolute Gasteiger partial charge is 0.481 e. The molecule has 6 aliphatic carbocycles. The third-order valence-electron chi connectivity index (χ3n) is 19.6. The van der Waals surface area contributed by atoms with Crippen molar-refractivity contribution < 1.29 is 37.8 Å². The van der Waals surface area contributed by atoms with Gasteiger partial charge in [-0.1, -0.05) is 62.3 Å². The number of carbonyl (C=O) groups excluding carboxylic acids is 3. The van der Waals surface area contributed by atoms with Gasteiger partial charge in [0.15, 0.2) is 5.78 Å². The molecule has 5 saturated carbocycles. The second-order valence-electron chi connectivity index (χ2n) is 23.0. The monoisotopic (exact) mass is 811 g/mol. The average molecular weight is 811 g/mol. The number of ether oxygens (including phenoxy) is 1. The van der Waals surface area contributed by atoms with E-state index < -0.39 is 34.6 Å². The predicted molar refractivity (Wildman–Crippen MR) is 218 cm³/mol. The average Bonchev–Trinajstić information content (AvgIpc) is 3.71. The van der Waals surface area contributed by atoms with E-state index >= 15 is 4.79 Å². The van der Waals surface area contributed by atoms with E-state index in [9.17, 15) is 28.3 Å². The van der Waals surface area contributed by atoms with Gasteiger partial charge in [0.05, 0.1) is 17.3 Å². The number of carboxylic acid groups (broad SMARTS) is 1. The molecule has 1 amide bonds. The molecule has 1 unspecified atom stereocenters. The van der Waals surface area contributed by atoms with Crippen LogP contribution in [0.1, 0.15) is 152 Å². The number of aliphatic carboxylic acids is 1. The number of hydrogen-bond acceptors (Lipinski definition) is 6. The van der Waals surface area contributed by atoms with Gasteiger partial charge in [-0.2, -0.15) is 0 Å². The minimum Gasteiger partial charge on any atom is -0.481 e. The van der Waals surface area contributed by atoms with Crippen molar-refractivity contribution in [1.29, 1.82) is 0 Å². The molecule has 58 heavy (non-hydrogen) atoms. The van der Waals surface area contributed by atoms with E-state index in [4.69, 9.17) is 4.74 Å². The molecule has 0 radical (unpaired) electrons. The maximum atomic E-state index is 15.3. The summed E-state index contributed by atoms with van der Waals surface area (Å²) >= 11 is 0. The molecule has 2 saturated heterocycles. The number of likely N-dealkylation sites (tertiary alicyclic amines) is 2. The molecule has 10 heteroatoms. The van der Waals surface area contributed by atoms with Crippen LogP contribution >= 0.6 is 0 Å². The van der Waals surface area contributed by atoms with E-state index in [1.54, 1.807) is 0 Å². The second kappa shape index (κ2) is 13.8. The van der Waals surface area contributed by atoms with Crippen LogP contribution in [0.4, 0.5) is 8.78 Å². The number of carboxylic acids is 1. The number of rotatable bonds is 7. The molecule has 0 spiro atoms. The van der Waals surface area contributed by atoms with Crippen molar-refractivity contribution in [2.24, 2.45) is 68.0 Å². The SMILES string of the molecule is CC(C)C1=C2[C@H]3CC[C@@H]4[C@@]5(C)CC[C@H](OC(=O)[C@H]6C[C@@H](C(=O)O)C6(C)C)C(C)(C)[C@@H]5CC[C@@]4(C)[C@]3(C)CC[C@@]2(C(=O)N2CCCC2CN2CCC(F)(F)CC2)CC1=O. The summed E-state index contributed by atoms with van der Waals surface area (Å²) in [6.07, 6.45) is 9.32. The summed E-state index contributed by atoms with van der Waals surface area (Å²) in [6, 6.07) is -0.00976. The number of carbonyl (C=O) groups is 4. The number of halogens is 2. The summed E-state index contributed by atoms with van der Waals surface area (Å²) in [7, 11) is 0. The first-order valence-corrected chi connectivity index (χ1v) is 23.1. The number of amides is 1. The number of alkyl halides is 2. The molecule has 0 bridgehead atoms. The lowest BCUT2D eigenvalue weighted by Crippen LogP contribution is -2.66. The van der Waals surface area contributed by atoms with Crippen molar-refractivity contribution in [3.63, 3.8) is 0 Å². The summed E-state index contributed by atoms with van der Waals surface area (Å²) in [5.41, 5.74) is 0.319. The van der Waals surface area contributed by atoms with Crippen LogP contribution < -0.4 is 0 Å². The highest BCUT2D eigenvalue weighted by atomic mass is 19.3. The van der Waals surface area contributed by atoms with E-state index in [-0.39, 0.29) is 82.6 Å². The standard InChI is InChI=1S/C48H72F2N2O6/c1-28(2)37-33(53)26-47(41(57)52-22-10-11-29(52)27-51-23-20-48(49,50)21-24-51)19-18-45(8)30(38(37)47)12-13-35-44(7)16-15-36(43(5,6)34(44)14-17-46(35,45)9)58-40(56)32-25-31(39(54)55)42(32,3)4/h28-32,34-36H,10-27H2,1-9H3,(H,54,55)/t29?,30-,31+,32-,34+,35-,36+,44+,45-,46-,47-/m1/s1. The lowest BCUT2D eigenvalue weighted by molar-refractivity contribution is -0.236. The van der Waals surface area contributed by atoms with Crippen LogP contribution in [0.5, 0.6) is 0 Å². The van der Waals surface area contributed by atoms with Gasteiger partial charge < -0.3 is 19.6 Å². The Morgan fingerprint density at radius 3 is 2.12 bits per heavy atom. The van der Waals surface area contributed by atoms with E-state index in [0.717, 1.165) is 63.4 Å². The minimum absolute atomic E-state index is 0.00893. The highest BCUT2D eigenvalue weighted by molar-refractivity contribution is 6.07. The minimum atomic E-state index is -2.60. The molecule has 8 nitrogen and oxygen atoms in total. The highest BCUT2D eigenvalue weighted by Gasteiger charge is 2.71. The number of allylic oxidation sites excluding steroid dienone is 1. The quantitative estimate of drug-likeness (QED) is 0.256. The topological polar surface area (TPSA) is 104 Å². The molecule has 7 fully saturated rings. The zero-order valence-corrected chi connectivity index (χ0v) is 37.0. The smallest absolute Gasteiger partial charge is 0.309 e. The Balaban J connectivity index is 1.05. The molecule has 8 aliphatic rings. The second-order valence-corrected chi connectivity index (χ2v) is 23.0. The summed E-state index contributed by atoms with van der Waals surface area (Å²) in [4.78, 5) is 59.3. The molecular weight excluding hydrogens is 739 g/mol. The van der Waals surface area contributed by atoms with Gasteiger partial charge in [0.2, 0.25) is 5.91 Å². The number of nitrogens with zero attached hydrogens (tertiary/aromatic N) is 2. The fraction of sp³-hybridized carbons (Fsp3) is 0.875. The van der Waals surface area contributed by atoms with Gasteiger partial charge in [0, 0.05) is 56.9 Å². The Labute approximate surface area is 346 Å². The molecule has 0 aromatic rings. The van der Waals surface area contributed by atoms with Gasteiger partial charge in [-0.25, -0.2) is 8.78 Å². The Hall–Kier alpha value is -2.36. The van der Waals surface area contributed by atoms with Crippen molar-refractivity contribution in [2.45, 2.75) is 170 Å². The van der Waals surface area contributed by atoms with Gasteiger partial charge in [0.25, 0.3) is 5.92 Å². The zero-order valence-electron chi connectivity index (χ0n) is 37.0. The number of Topliss-reactive ketones (excluding diaryl/α,β-unsaturated/α-hetero) is 1. The fourth-order valence-corrected chi connectivity index (χ4v) is 16.0. The van der Waals surface area contributed by atoms with Crippen LogP contribution in [0, 0.1) is 68.0 Å². The summed E-state index contributed by atoms with van der Waals surface area (Å²) < 4.78 is 34.5. The van der Waals surface area contributed by atoms with Crippen LogP contribution in [0.3, 0.4) is 0 Å². The van der Waals surface area contributed by atoms with Gasteiger partial charge in [-0.3, -0.25) is 19.2 Å². The van der Waals surface area contributed by atoms with Crippen LogP contribution in [-0.4, -0.2) is 82.8 Å². The number of piperidine rings is 1.